The second kappa shape index (κ2) is 2.70. The first-order valence-electron chi connectivity index (χ1n) is 3.82. The predicted molar refractivity (Wildman–Crippen MR) is 38.6 cm³/mol. The average Bonchev–Trinajstić information content (AvgIpc) is 1.84. The smallest absolute Gasteiger partial charge is 0.136 e. The maximum atomic E-state index is 11.0. The van der Waals surface area contributed by atoms with Crippen LogP contribution in [0.4, 0.5) is 0 Å². The molecule has 0 aromatic carbocycles. The van der Waals surface area contributed by atoms with E-state index in [0.29, 0.717) is 18.6 Å². The minimum atomic E-state index is -0.257. The predicted octanol–water partition coefficient (Wildman–Crippen LogP) is 0.982. The van der Waals surface area contributed by atoms with Crippen LogP contribution in [0.15, 0.2) is 0 Å². The van der Waals surface area contributed by atoms with Gasteiger partial charge in [0, 0.05) is 12.3 Å². The molecule has 0 aliphatic heterocycles. The molecule has 1 fully saturated rings. The van der Waals surface area contributed by atoms with E-state index in [2.05, 4.69) is 0 Å². The summed E-state index contributed by atoms with van der Waals surface area (Å²) < 4.78 is 0. The monoisotopic (exact) mass is 142 g/mol. The lowest BCUT2D eigenvalue weighted by atomic mass is 9.81. The van der Waals surface area contributed by atoms with E-state index in [1.165, 1.54) is 0 Å². The molecule has 1 aliphatic carbocycles. The quantitative estimate of drug-likeness (QED) is 0.547. The summed E-state index contributed by atoms with van der Waals surface area (Å²) in [6.45, 7) is 3.81. The van der Waals surface area contributed by atoms with Gasteiger partial charge in [-0.2, -0.15) is 0 Å². The third kappa shape index (κ3) is 1.37. The molecular weight excluding hydrogens is 128 g/mol. The number of hydrogen-bond acceptors (Lipinski definition) is 2. The van der Waals surface area contributed by atoms with E-state index >= 15 is 0 Å². The van der Waals surface area contributed by atoms with Crippen molar-refractivity contribution < 1.29 is 9.90 Å². The van der Waals surface area contributed by atoms with Gasteiger partial charge in [0.1, 0.15) is 5.78 Å². The summed E-state index contributed by atoms with van der Waals surface area (Å²) in [5.41, 5.74) is 0. The molecule has 1 N–H and O–H groups in total. The fourth-order valence-corrected chi connectivity index (χ4v) is 1.38. The summed E-state index contributed by atoms with van der Waals surface area (Å²) in [6, 6.07) is 0. The summed E-state index contributed by atoms with van der Waals surface area (Å²) in [6.07, 6.45) is 0.954. The molecule has 10 heavy (non-hydrogen) atoms. The lowest BCUT2D eigenvalue weighted by Gasteiger charge is -2.27. The van der Waals surface area contributed by atoms with Gasteiger partial charge in [-0.25, -0.2) is 0 Å². The minimum absolute atomic E-state index is 0.0752. The number of aliphatic hydroxyl groups is 1. The fourth-order valence-electron chi connectivity index (χ4n) is 1.38. The largest absolute Gasteiger partial charge is 0.393 e. The lowest BCUT2D eigenvalue weighted by molar-refractivity contribution is -0.128. The fraction of sp³-hybridized carbons (Fsp3) is 0.875. The van der Waals surface area contributed by atoms with Crippen LogP contribution < -0.4 is 0 Å². The summed E-state index contributed by atoms with van der Waals surface area (Å²) in [4.78, 5) is 11.0. The number of ketones is 1. The molecule has 0 saturated heterocycles. The molecule has 3 atom stereocenters. The maximum Gasteiger partial charge on any atom is 0.136 e. The number of hydrogen-bond donors (Lipinski definition) is 1. The molecule has 0 spiro atoms. The SMILES string of the molecule is CC1CC(O)C(C)CC1=O. The van der Waals surface area contributed by atoms with Gasteiger partial charge in [0.05, 0.1) is 6.10 Å². The molecule has 2 nitrogen and oxygen atoms in total. The molecular formula is C8H14O2. The molecule has 3 unspecified atom stereocenters. The van der Waals surface area contributed by atoms with Crippen LogP contribution in [0.1, 0.15) is 26.7 Å². The number of Topliss-reactive ketones (excluding diaryl/α,β-unsaturated/α-hetero) is 1. The first-order valence-corrected chi connectivity index (χ1v) is 3.82. The maximum absolute atomic E-state index is 11.0. The Morgan fingerprint density at radius 3 is 2.60 bits per heavy atom. The van der Waals surface area contributed by atoms with Gasteiger partial charge in [0.25, 0.3) is 0 Å². The van der Waals surface area contributed by atoms with Gasteiger partial charge in [-0.3, -0.25) is 4.79 Å². The molecule has 58 valence electrons. The Balaban J connectivity index is 2.54. The zero-order valence-electron chi connectivity index (χ0n) is 6.50. The second-order valence-electron chi connectivity index (χ2n) is 3.35. The van der Waals surface area contributed by atoms with Gasteiger partial charge < -0.3 is 5.11 Å². The number of carbonyl (C=O) groups excluding carboxylic acids is 1. The van der Waals surface area contributed by atoms with Crippen molar-refractivity contribution in [2.75, 3.05) is 0 Å². The summed E-state index contributed by atoms with van der Waals surface area (Å²) in [5, 5.41) is 9.31. The Kier molecular flexibility index (Phi) is 2.09. The van der Waals surface area contributed by atoms with Gasteiger partial charge in [-0.1, -0.05) is 13.8 Å². The van der Waals surface area contributed by atoms with Crippen LogP contribution in [0.5, 0.6) is 0 Å². The van der Waals surface area contributed by atoms with Gasteiger partial charge >= 0.3 is 0 Å². The Morgan fingerprint density at radius 1 is 1.50 bits per heavy atom. The Morgan fingerprint density at radius 2 is 2.10 bits per heavy atom. The number of rotatable bonds is 0. The third-order valence-electron chi connectivity index (χ3n) is 2.32. The van der Waals surface area contributed by atoms with Crippen molar-refractivity contribution in [1.29, 1.82) is 0 Å². The number of aliphatic hydroxyl groups excluding tert-OH is 1. The van der Waals surface area contributed by atoms with Crippen LogP contribution >= 0.6 is 0 Å². The van der Waals surface area contributed by atoms with E-state index in [9.17, 15) is 9.90 Å². The van der Waals surface area contributed by atoms with E-state index in [0.717, 1.165) is 0 Å². The summed E-state index contributed by atoms with van der Waals surface area (Å²) in [7, 11) is 0. The molecule has 0 aromatic rings. The van der Waals surface area contributed by atoms with Crippen LogP contribution in [0.25, 0.3) is 0 Å². The zero-order chi connectivity index (χ0) is 7.72. The highest BCUT2D eigenvalue weighted by atomic mass is 16.3. The molecule has 0 amide bonds. The van der Waals surface area contributed by atoms with Crippen LogP contribution in [-0.2, 0) is 4.79 Å². The van der Waals surface area contributed by atoms with Crippen LogP contribution in [0.3, 0.4) is 0 Å². The molecule has 1 rings (SSSR count). The normalized spacial score (nSPS) is 41.9. The molecule has 0 bridgehead atoms. The van der Waals surface area contributed by atoms with Crippen molar-refractivity contribution in [3.63, 3.8) is 0 Å². The Hall–Kier alpha value is -0.370. The first kappa shape index (κ1) is 7.73. The van der Waals surface area contributed by atoms with Gasteiger partial charge in [-0.05, 0) is 12.3 Å². The van der Waals surface area contributed by atoms with Crippen LogP contribution in [-0.4, -0.2) is 17.0 Å². The van der Waals surface area contributed by atoms with Gasteiger partial charge in [-0.15, -0.1) is 0 Å². The molecule has 0 aromatic heterocycles. The summed E-state index contributed by atoms with van der Waals surface area (Å²) in [5.74, 6) is 0.549. The zero-order valence-corrected chi connectivity index (χ0v) is 6.50. The van der Waals surface area contributed by atoms with E-state index in [1.807, 2.05) is 13.8 Å². The highest BCUT2D eigenvalue weighted by molar-refractivity contribution is 5.81. The van der Waals surface area contributed by atoms with E-state index in [1.54, 1.807) is 0 Å². The van der Waals surface area contributed by atoms with E-state index < -0.39 is 0 Å². The Bertz CT molecular complexity index is 142. The highest BCUT2D eigenvalue weighted by Gasteiger charge is 2.29. The molecule has 2 heteroatoms. The lowest BCUT2D eigenvalue weighted by Crippen LogP contribution is -2.32. The third-order valence-corrected chi connectivity index (χ3v) is 2.32. The van der Waals surface area contributed by atoms with Crippen molar-refractivity contribution in [2.24, 2.45) is 11.8 Å². The topological polar surface area (TPSA) is 37.3 Å². The van der Waals surface area contributed by atoms with Crippen LogP contribution in [0.2, 0.25) is 0 Å². The molecule has 1 saturated carbocycles. The highest BCUT2D eigenvalue weighted by Crippen LogP contribution is 2.25. The van der Waals surface area contributed by atoms with Crippen molar-refractivity contribution >= 4 is 5.78 Å². The van der Waals surface area contributed by atoms with E-state index in [4.69, 9.17) is 0 Å². The summed E-state index contributed by atoms with van der Waals surface area (Å²) >= 11 is 0. The molecule has 0 radical (unpaired) electrons. The van der Waals surface area contributed by atoms with Crippen molar-refractivity contribution in [2.45, 2.75) is 32.8 Å². The van der Waals surface area contributed by atoms with E-state index in [-0.39, 0.29) is 17.9 Å². The van der Waals surface area contributed by atoms with Crippen molar-refractivity contribution in [1.82, 2.24) is 0 Å². The van der Waals surface area contributed by atoms with Gasteiger partial charge in [0.2, 0.25) is 0 Å². The average molecular weight is 142 g/mol. The molecule has 1 aliphatic rings. The van der Waals surface area contributed by atoms with Crippen molar-refractivity contribution in [3.8, 4) is 0 Å². The minimum Gasteiger partial charge on any atom is -0.393 e. The second-order valence-corrected chi connectivity index (χ2v) is 3.35. The van der Waals surface area contributed by atoms with Crippen molar-refractivity contribution in [3.05, 3.63) is 0 Å². The first-order chi connectivity index (χ1) is 4.61. The van der Waals surface area contributed by atoms with Crippen LogP contribution in [0, 0.1) is 11.8 Å². The standard InChI is InChI=1S/C8H14O2/c1-5-3-8(10)6(2)4-7(5)9/h5-7,9H,3-4H2,1-2H3. The molecule has 0 heterocycles. The van der Waals surface area contributed by atoms with Gasteiger partial charge in [0.15, 0.2) is 0 Å². The Labute approximate surface area is 61.2 Å². The number of carbonyl (C=O) groups is 1.